The number of likely N-dealkylation sites (N-methyl/N-ethyl adjacent to an activating group) is 1. The molecule has 0 radical (unpaired) electrons. The molecule has 0 spiro atoms. The lowest BCUT2D eigenvalue weighted by Gasteiger charge is -2.13. The van der Waals surface area contributed by atoms with Crippen LogP contribution < -0.4 is 4.74 Å². The summed E-state index contributed by atoms with van der Waals surface area (Å²) in [5.74, 6) is 0.597. The monoisotopic (exact) mass is 292 g/mol. The predicted octanol–water partition coefficient (Wildman–Crippen LogP) is 1.88. The van der Waals surface area contributed by atoms with Crippen LogP contribution in [0.4, 0.5) is 0 Å². The highest BCUT2D eigenvalue weighted by molar-refractivity contribution is 7.13. The molecule has 5 nitrogen and oxygen atoms in total. The maximum atomic E-state index is 12.0. The number of rotatable bonds is 5. The molecule has 106 valence electrons. The number of ether oxygens (including phenoxy) is 1. The molecule has 20 heavy (non-hydrogen) atoms. The fourth-order valence-electron chi connectivity index (χ4n) is 1.69. The zero-order valence-corrected chi connectivity index (χ0v) is 12.2. The number of aliphatic hydroxyl groups is 1. The highest BCUT2D eigenvalue weighted by atomic mass is 32.1. The van der Waals surface area contributed by atoms with Crippen molar-refractivity contribution in [1.82, 2.24) is 9.88 Å². The molecule has 2 rings (SSSR count). The number of amides is 1. The Morgan fingerprint density at radius 2 is 2.10 bits per heavy atom. The number of carbonyl (C=O) groups excluding carboxylic acids is 1. The fourth-order valence-corrected chi connectivity index (χ4v) is 2.49. The third-order valence-corrected chi connectivity index (χ3v) is 3.73. The van der Waals surface area contributed by atoms with Gasteiger partial charge in [-0.3, -0.25) is 4.79 Å². The molecule has 0 aliphatic rings. The van der Waals surface area contributed by atoms with Crippen LogP contribution in [0.5, 0.6) is 5.75 Å². The summed E-state index contributed by atoms with van der Waals surface area (Å²) in [6.07, 6.45) is 0. The normalized spacial score (nSPS) is 10.3. The van der Waals surface area contributed by atoms with Crippen LogP contribution in [-0.4, -0.2) is 48.2 Å². The summed E-state index contributed by atoms with van der Waals surface area (Å²) in [5, 5.41) is 11.4. The largest absolute Gasteiger partial charge is 0.497 e. The highest BCUT2D eigenvalue weighted by Gasteiger charge is 2.15. The first-order chi connectivity index (χ1) is 9.65. The van der Waals surface area contributed by atoms with E-state index in [-0.39, 0.29) is 12.5 Å². The molecule has 1 heterocycles. The minimum atomic E-state index is -0.185. The number of nitrogens with zero attached hydrogens (tertiary/aromatic N) is 2. The van der Waals surface area contributed by atoms with Crippen LogP contribution in [-0.2, 0) is 0 Å². The average molecular weight is 292 g/mol. The first kappa shape index (κ1) is 14.5. The van der Waals surface area contributed by atoms with Crippen molar-refractivity contribution in [3.8, 4) is 16.3 Å². The van der Waals surface area contributed by atoms with Gasteiger partial charge >= 0.3 is 0 Å². The van der Waals surface area contributed by atoms with Gasteiger partial charge in [0.1, 0.15) is 16.5 Å². The first-order valence-electron chi connectivity index (χ1n) is 6.12. The van der Waals surface area contributed by atoms with Gasteiger partial charge in [-0.1, -0.05) is 0 Å². The van der Waals surface area contributed by atoms with E-state index in [0.29, 0.717) is 12.2 Å². The summed E-state index contributed by atoms with van der Waals surface area (Å²) in [4.78, 5) is 17.8. The molecule has 1 amide bonds. The molecule has 0 fully saturated rings. The van der Waals surface area contributed by atoms with Gasteiger partial charge in [0.2, 0.25) is 0 Å². The second kappa shape index (κ2) is 6.49. The van der Waals surface area contributed by atoms with Gasteiger partial charge in [-0.25, -0.2) is 4.98 Å². The number of thiazole rings is 1. The van der Waals surface area contributed by atoms with Gasteiger partial charge in [-0.05, 0) is 24.3 Å². The van der Waals surface area contributed by atoms with E-state index in [9.17, 15) is 4.79 Å². The molecular formula is C14H16N2O3S. The Morgan fingerprint density at radius 1 is 1.40 bits per heavy atom. The van der Waals surface area contributed by atoms with Gasteiger partial charge in [-0.15, -0.1) is 11.3 Å². The van der Waals surface area contributed by atoms with Gasteiger partial charge < -0.3 is 14.7 Å². The number of carbonyl (C=O) groups is 1. The molecule has 0 aliphatic carbocycles. The minimum Gasteiger partial charge on any atom is -0.497 e. The van der Waals surface area contributed by atoms with Crippen LogP contribution in [0.2, 0.25) is 0 Å². The first-order valence-corrected chi connectivity index (χ1v) is 7.00. The van der Waals surface area contributed by atoms with Gasteiger partial charge in [0.25, 0.3) is 5.91 Å². The smallest absolute Gasteiger partial charge is 0.273 e. The van der Waals surface area contributed by atoms with E-state index >= 15 is 0 Å². The lowest BCUT2D eigenvalue weighted by atomic mass is 10.2. The van der Waals surface area contributed by atoms with Crippen molar-refractivity contribution < 1.29 is 14.6 Å². The number of benzene rings is 1. The van der Waals surface area contributed by atoms with E-state index in [1.807, 2.05) is 24.3 Å². The third kappa shape index (κ3) is 3.15. The van der Waals surface area contributed by atoms with Crippen molar-refractivity contribution in [3.63, 3.8) is 0 Å². The Hall–Kier alpha value is -1.92. The van der Waals surface area contributed by atoms with Gasteiger partial charge in [-0.2, -0.15) is 0 Å². The van der Waals surface area contributed by atoms with Crippen LogP contribution in [0, 0.1) is 0 Å². The molecule has 1 aromatic carbocycles. The second-order valence-corrected chi connectivity index (χ2v) is 5.07. The van der Waals surface area contributed by atoms with E-state index in [1.54, 1.807) is 19.5 Å². The number of aromatic nitrogens is 1. The minimum absolute atomic E-state index is 0.0578. The van der Waals surface area contributed by atoms with Crippen LogP contribution >= 0.6 is 11.3 Å². The molecule has 6 heteroatoms. The summed E-state index contributed by atoms with van der Waals surface area (Å²) < 4.78 is 5.11. The Kier molecular flexibility index (Phi) is 4.70. The van der Waals surface area contributed by atoms with Gasteiger partial charge in [0.15, 0.2) is 0 Å². The van der Waals surface area contributed by atoms with Crippen molar-refractivity contribution in [1.29, 1.82) is 0 Å². The second-order valence-electron chi connectivity index (χ2n) is 4.22. The topological polar surface area (TPSA) is 62.7 Å². The van der Waals surface area contributed by atoms with E-state index < -0.39 is 0 Å². The summed E-state index contributed by atoms with van der Waals surface area (Å²) in [6.45, 7) is 0.242. The number of methoxy groups -OCH3 is 1. The quantitative estimate of drug-likeness (QED) is 0.914. The van der Waals surface area contributed by atoms with Crippen molar-refractivity contribution in [2.75, 3.05) is 27.3 Å². The maximum Gasteiger partial charge on any atom is 0.273 e. The standard InChI is InChI=1S/C14H16N2O3S/c1-16(7-8-17)14(18)12-9-20-13(15-12)10-3-5-11(19-2)6-4-10/h3-6,9,17H,7-8H2,1-2H3. The molecule has 1 N–H and O–H groups in total. The third-order valence-electron chi connectivity index (χ3n) is 2.84. The van der Waals surface area contributed by atoms with E-state index in [0.717, 1.165) is 16.3 Å². The SMILES string of the molecule is COc1ccc(-c2nc(C(=O)N(C)CCO)cs2)cc1. The Bertz CT molecular complexity index is 580. The van der Waals surface area contributed by atoms with E-state index in [1.165, 1.54) is 16.2 Å². The highest BCUT2D eigenvalue weighted by Crippen LogP contribution is 2.26. The number of hydrogen-bond acceptors (Lipinski definition) is 5. The maximum absolute atomic E-state index is 12.0. The molecule has 0 aliphatic heterocycles. The molecule has 1 aromatic heterocycles. The molecule has 0 bridgehead atoms. The Balaban J connectivity index is 2.17. The van der Waals surface area contributed by atoms with Crippen LogP contribution in [0.1, 0.15) is 10.5 Å². The average Bonchev–Trinajstić information content (AvgIpc) is 2.96. The van der Waals surface area contributed by atoms with Crippen molar-refractivity contribution in [3.05, 3.63) is 35.3 Å². The Labute approximate surface area is 121 Å². The zero-order chi connectivity index (χ0) is 14.5. The summed E-state index contributed by atoms with van der Waals surface area (Å²) in [7, 11) is 3.26. The molecule has 2 aromatic rings. The van der Waals surface area contributed by atoms with E-state index in [2.05, 4.69) is 4.98 Å². The van der Waals surface area contributed by atoms with E-state index in [4.69, 9.17) is 9.84 Å². The molecule has 0 unspecified atom stereocenters. The summed E-state index contributed by atoms with van der Waals surface area (Å²) >= 11 is 1.42. The predicted molar refractivity (Wildman–Crippen MR) is 78.1 cm³/mol. The lowest BCUT2D eigenvalue weighted by Crippen LogP contribution is -2.29. The van der Waals surface area contributed by atoms with Gasteiger partial charge in [0, 0.05) is 24.5 Å². The molecule has 0 saturated heterocycles. The van der Waals surface area contributed by atoms with Crippen molar-refractivity contribution in [2.24, 2.45) is 0 Å². The fraction of sp³-hybridized carbons (Fsp3) is 0.286. The molecular weight excluding hydrogens is 276 g/mol. The van der Waals surface area contributed by atoms with Crippen LogP contribution in [0.25, 0.3) is 10.6 Å². The van der Waals surface area contributed by atoms with Crippen molar-refractivity contribution >= 4 is 17.2 Å². The Morgan fingerprint density at radius 3 is 2.70 bits per heavy atom. The lowest BCUT2D eigenvalue weighted by molar-refractivity contribution is 0.0762. The summed E-state index contributed by atoms with van der Waals surface area (Å²) in [5.41, 5.74) is 1.34. The van der Waals surface area contributed by atoms with Crippen molar-refractivity contribution in [2.45, 2.75) is 0 Å². The summed E-state index contributed by atoms with van der Waals surface area (Å²) in [6, 6.07) is 7.53. The van der Waals surface area contributed by atoms with Gasteiger partial charge in [0.05, 0.1) is 13.7 Å². The molecule has 0 atom stereocenters. The number of hydrogen-bond donors (Lipinski definition) is 1. The van der Waals surface area contributed by atoms with Crippen LogP contribution in [0.15, 0.2) is 29.6 Å². The zero-order valence-electron chi connectivity index (χ0n) is 11.4. The number of aliphatic hydroxyl groups excluding tert-OH is 1. The molecule has 0 saturated carbocycles. The van der Waals surface area contributed by atoms with Crippen LogP contribution in [0.3, 0.4) is 0 Å².